The molecule has 0 spiro atoms. The SMILES string of the molecule is CCCC(C)C1CCN(CC2CCOCC2)C1. The van der Waals surface area contributed by atoms with Gasteiger partial charge in [0.1, 0.15) is 0 Å². The molecule has 2 fully saturated rings. The Bertz CT molecular complexity index is 213. The van der Waals surface area contributed by atoms with Crippen LogP contribution in [0.5, 0.6) is 0 Å². The summed E-state index contributed by atoms with van der Waals surface area (Å²) in [7, 11) is 0. The van der Waals surface area contributed by atoms with Crippen LogP contribution in [-0.4, -0.2) is 37.7 Å². The van der Waals surface area contributed by atoms with Gasteiger partial charge in [0, 0.05) is 26.3 Å². The molecule has 2 aliphatic rings. The number of nitrogens with zero attached hydrogens (tertiary/aromatic N) is 1. The van der Waals surface area contributed by atoms with E-state index in [1.54, 1.807) is 0 Å². The lowest BCUT2D eigenvalue weighted by Crippen LogP contribution is -2.31. The van der Waals surface area contributed by atoms with Crippen LogP contribution < -0.4 is 0 Å². The Balaban J connectivity index is 1.69. The van der Waals surface area contributed by atoms with Crippen LogP contribution in [0.4, 0.5) is 0 Å². The van der Waals surface area contributed by atoms with Gasteiger partial charge in [0.2, 0.25) is 0 Å². The normalized spacial score (nSPS) is 29.6. The molecule has 0 bridgehead atoms. The van der Waals surface area contributed by atoms with Gasteiger partial charge < -0.3 is 9.64 Å². The van der Waals surface area contributed by atoms with E-state index < -0.39 is 0 Å². The molecule has 0 aromatic heterocycles. The Morgan fingerprint density at radius 1 is 1.24 bits per heavy atom. The highest BCUT2D eigenvalue weighted by atomic mass is 16.5. The predicted molar refractivity (Wildman–Crippen MR) is 72.2 cm³/mol. The fraction of sp³-hybridized carbons (Fsp3) is 1.00. The van der Waals surface area contributed by atoms with E-state index >= 15 is 0 Å². The van der Waals surface area contributed by atoms with Crippen LogP contribution >= 0.6 is 0 Å². The first-order valence-corrected chi connectivity index (χ1v) is 7.59. The summed E-state index contributed by atoms with van der Waals surface area (Å²) in [5, 5.41) is 0. The second-order valence-electron chi connectivity index (χ2n) is 6.13. The van der Waals surface area contributed by atoms with E-state index in [0.717, 1.165) is 31.0 Å². The van der Waals surface area contributed by atoms with Crippen molar-refractivity contribution in [2.24, 2.45) is 17.8 Å². The summed E-state index contributed by atoms with van der Waals surface area (Å²) in [4.78, 5) is 2.72. The Morgan fingerprint density at radius 3 is 2.71 bits per heavy atom. The highest BCUT2D eigenvalue weighted by Crippen LogP contribution is 2.28. The van der Waals surface area contributed by atoms with Crippen LogP contribution in [0, 0.1) is 17.8 Å². The number of ether oxygens (including phenoxy) is 1. The first kappa shape index (κ1) is 13.4. The maximum absolute atomic E-state index is 5.44. The van der Waals surface area contributed by atoms with Crippen molar-refractivity contribution in [3.63, 3.8) is 0 Å². The zero-order chi connectivity index (χ0) is 12.1. The predicted octanol–water partition coefficient (Wildman–Crippen LogP) is 3.17. The third-order valence-electron chi connectivity index (χ3n) is 4.71. The zero-order valence-corrected chi connectivity index (χ0v) is 11.7. The minimum atomic E-state index is 0.906. The van der Waals surface area contributed by atoms with Gasteiger partial charge in [0.25, 0.3) is 0 Å². The molecule has 0 saturated carbocycles. The number of hydrogen-bond acceptors (Lipinski definition) is 2. The van der Waals surface area contributed by atoms with Gasteiger partial charge >= 0.3 is 0 Å². The third-order valence-corrected chi connectivity index (χ3v) is 4.71. The van der Waals surface area contributed by atoms with E-state index in [1.165, 1.54) is 51.7 Å². The summed E-state index contributed by atoms with van der Waals surface area (Å²) in [6.45, 7) is 10.8. The van der Waals surface area contributed by atoms with Crippen LogP contribution in [0.2, 0.25) is 0 Å². The van der Waals surface area contributed by atoms with Gasteiger partial charge in [0.15, 0.2) is 0 Å². The number of likely N-dealkylation sites (tertiary alicyclic amines) is 1. The highest BCUT2D eigenvalue weighted by Gasteiger charge is 2.28. The van der Waals surface area contributed by atoms with Crippen molar-refractivity contribution >= 4 is 0 Å². The highest BCUT2D eigenvalue weighted by molar-refractivity contribution is 4.81. The molecule has 2 unspecified atom stereocenters. The summed E-state index contributed by atoms with van der Waals surface area (Å²) in [5.74, 6) is 2.80. The minimum Gasteiger partial charge on any atom is -0.381 e. The molecule has 0 amide bonds. The smallest absolute Gasteiger partial charge is 0.0469 e. The Hall–Kier alpha value is -0.0800. The molecule has 0 aromatic carbocycles. The summed E-state index contributed by atoms with van der Waals surface area (Å²) in [6.07, 6.45) is 6.76. The average Bonchev–Trinajstić information content (AvgIpc) is 2.79. The van der Waals surface area contributed by atoms with E-state index in [9.17, 15) is 0 Å². The lowest BCUT2D eigenvalue weighted by atomic mass is 9.90. The largest absolute Gasteiger partial charge is 0.381 e. The molecule has 0 aliphatic carbocycles. The van der Waals surface area contributed by atoms with Gasteiger partial charge in [-0.1, -0.05) is 26.7 Å². The van der Waals surface area contributed by atoms with Gasteiger partial charge in [-0.25, -0.2) is 0 Å². The van der Waals surface area contributed by atoms with Crippen molar-refractivity contribution in [1.82, 2.24) is 4.90 Å². The minimum absolute atomic E-state index is 0.906. The molecule has 2 aliphatic heterocycles. The van der Waals surface area contributed by atoms with E-state index in [2.05, 4.69) is 18.7 Å². The quantitative estimate of drug-likeness (QED) is 0.730. The van der Waals surface area contributed by atoms with Crippen molar-refractivity contribution in [2.75, 3.05) is 32.8 Å². The Labute approximate surface area is 107 Å². The monoisotopic (exact) mass is 239 g/mol. The molecule has 100 valence electrons. The van der Waals surface area contributed by atoms with Crippen LogP contribution in [0.1, 0.15) is 46.0 Å². The molecule has 2 heterocycles. The van der Waals surface area contributed by atoms with Crippen molar-refractivity contribution < 1.29 is 4.74 Å². The maximum atomic E-state index is 5.44. The first-order chi connectivity index (χ1) is 8.29. The van der Waals surface area contributed by atoms with Crippen molar-refractivity contribution in [1.29, 1.82) is 0 Å². The van der Waals surface area contributed by atoms with E-state index in [4.69, 9.17) is 4.74 Å². The molecule has 2 rings (SSSR count). The average molecular weight is 239 g/mol. The molecule has 2 nitrogen and oxygen atoms in total. The zero-order valence-electron chi connectivity index (χ0n) is 11.7. The van der Waals surface area contributed by atoms with E-state index in [-0.39, 0.29) is 0 Å². The molecule has 2 atom stereocenters. The third kappa shape index (κ3) is 3.96. The first-order valence-electron chi connectivity index (χ1n) is 7.59. The van der Waals surface area contributed by atoms with Crippen LogP contribution in [-0.2, 0) is 4.74 Å². The number of hydrogen-bond donors (Lipinski definition) is 0. The molecular formula is C15H29NO. The molecule has 0 aromatic rings. The van der Waals surface area contributed by atoms with Crippen molar-refractivity contribution in [3.8, 4) is 0 Å². The molecule has 2 saturated heterocycles. The lowest BCUT2D eigenvalue weighted by molar-refractivity contribution is 0.0547. The van der Waals surface area contributed by atoms with Gasteiger partial charge in [-0.15, -0.1) is 0 Å². The number of rotatable bonds is 5. The Kier molecular flexibility index (Phi) is 5.30. The van der Waals surface area contributed by atoms with Gasteiger partial charge in [0.05, 0.1) is 0 Å². The second kappa shape index (κ2) is 6.75. The fourth-order valence-electron chi connectivity index (χ4n) is 3.48. The topological polar surface area (TPSA) is 12.5 Å². The summed E-state index contributed by atoms with van der Waals surface area (Å²) in [5.41, 5.74) is 0. The molecule has 2 heteroatoms. The standard InChI is InChI=1S/C15H29NO/c1-3-4-13(2)15-5-8-16(12-15)11-14-6-9-17-10-7-14/h13-15H,3-12H2,1-2H3. The summed E-state index contributed by atoms with van der Waals surface area (Å²) in [6, 6.07) is 0. The molecule has 0 N–H and O–H groups in total. The van der Waals surface area contributed by atoms with E-state index in [0.29, 0.717) is 0 Å². The molecular weight excluding hydrogens is 210 g/mol. The van der Waals surface area contributed by atoms with Crippen LogP contribution in [0.3, 0.4) is 0 Å². The maximum Gasteiger partial charge on any atom is 0.0469 e. The van der Waals surface area contributed by atoms with Crippen LogP contribution in [0.15, 0.2) is 0 Å². The van der Waals surface area contributed by atoms with E-state index in [1.807, 2.05) is 0 Å². The lowest BCUT2D eigenvalue weighted by Gasteiger charge is -2.27. The Morgan fingerprint density at radius 2 is 2.00 bits per heavy atom. The van der Waals surface area contributed by atoms with Gasteiger partial charge in [-0.3, -0.25) is 0 Å². The fourth-order valence-corrected chi connectivity index (χ4v) is 3.48. The van der Waals surface area contributed by atoms with Gasteiger partial charge in [-0.2, -0.15) is 0 Å². The van der Waals surface area contributed by atoms with Crippen LogP contribution in [0.25, 0.3) is 0 Å². The molecule has 0 radical (unpaired) electrons. The summed E-state index contributed by atoms with van der Waals surface area (Å²) < 4.78 is 5.44. The van der Waals surface area contributed by atoms with Gasteiger partial charge in [-0.05, 0) is 43.6 Å². The summed E-state index contributed by atoms with van der Waals surface area (Å²) >= 11 is 0. The van der Waals surface area contributed by atoms with Crippen molar-refractivity contribution in [3.05, 3.63) is 0 Å². The molecule has 17 heavy (non-hydrogen) atoms. The second-order valence-corrected chi connectivity index (χ2v) is 6.13. The van der Waals surface area contributed by atoms with Crippen molar-refractivity contribution in [2.45, 2.75) is 46.0 Å².